The second-order valence-corrected chi connectivity index (χ2v) is 5.68. The van der Waals surface area contributed by atoms with Crippen LogP contribution in [-0.4, -0.2) is 22.7 Å². The summed E-state index contributed by atoms with van der Waals surface area (Å²) in [4.78, 5) is 6.98. The molecule has 1 fully saturated rings. The Kier molecular flexibility index (Phi) is 3.83. The maximum Gasteiger partial charge on any atom is 0.224 e. The van der Waals surface area contributed by atoms with Gasteiger partial charge in [-0.05, 0) is 25.0 Å². The quantitative estimate of drug-likeness (QED) is 0.863. The van der Waals surface area contributed by atoms with E-state index in [1.54, 1.807) is 4.68 Å². The first kappa shape index (κ1) is 13.3. The minimum atomic E-state index is 0.730. The van der Waals surface area contributed by atoms with Crippen LogP contribution in [-0.2, 0) is 0 Å². The maximum absolute atomic E-state index is 6.08. The number of nitrogens with zero attached hydrogens (tertiary/aromatic N) is 3. The molecule has 1 aliphatic rings. The molecule has 106 valence electrons. The van der Waals surface area contributed by atoms with Crippen LogP contribution < -0.4 is 10.7 Å². The summed E-state index contributed by atoms with van der Waals surface area (Å²) >= 11 is 5.92. The number of hydrogen-bond acceptors (Lipinski definition) is 3. The molecule has 1 aromatic carbocycles. The van der Waals surface area contributed by atoms with Gasteiger partial charge >= 0.3 is 0 Å². The van der Waals surface area contributed by atoms with Crippen molar-refractivity contribution in [2.45, 2.75) is 25.7 Å². The van der Waals surface area contributed by atoms with E-state index in [1.807, 2.05) is 30.5 Å². The number of nitrogens with two attached hydrogens (primary N) is 1. The summed E-state index contributed by atoms with van der Waals surface area (Å²) in [5.41, 5.74) is 1.93. The van der Waals surface area contributed by atoms with Gasteiger partial charge in [0.1, 0.15) is 0 Å². The molecule has 2 heterocycles. The Bertz CT molecular complexity index is 568. The van der Waals surface area contributed by atoms with Crippen molar-refractivity contribution in [3.8, 4) is 11.3 Å². The molecule has 0 amide bonds. The van der Waals surface area contributed by atoms with Gasteiger partial charge in [-0.2, -0.15) is 0 Å². The number of imidazole rings is 1. The predicted molar refractivity (Wildman–Crippen MR) is 83.5 cm³/mol. The molecular formula is C15H19ClN4. The standard InChI is InChI=1S/C15H19ClN4/c16-13-7-5-12(6-8-13)14-11-20(17)15(18-14)19-9-3-1-2-4-10-19/h5-8,11H,1-4,9-10,17H2. The third-order valence-corrected chi connectivity index (χ3v) is 3.99. The van der Waals surface area contributed by atoms with E-state index in [4.69, 9.17) is 22.4 Å². The minimum absolute atomic E-state index is 0.730. The van der Waals surface area contributed by atoms with Crippen molar-refractivity contribution in [3.05, 3.63) is 35.5 Å². The van der Waals surface area contributed by atoms with Crippen LogP contribution in [0.2, 0.25) is 5.02 Å². The summed E-state index contributed by atoms with van der Waals surface area (Å²) in [6, 6.07) is 7.68. The zero-order chi connectivity index (χ0) is 13.9. The molecule has 0 radical (unpaired) electrons. The Labute approximate surface area is 124 Å². The van der Waals surface area contributed by atoms with E-state index in [0.717, 1.165) is 35.3 Å². The molecule has 5 heteroatoms. The Morgan fingerprint density at radius 2 is 1.65 bits per heavy atom. The van der Waals surface area contributed by atoms with Gasteiger partial charge in [0.25, 0.3) is 0 Å². The van der Waals surface area contributed by atoms with Crippen LogP contribution in [0.5, 0.6) is 0 Å². The Balaban J connectivity index is 1.88. The normalized spacial score (nSPS) is 16.1. The summed E-state index contributed by atoms with van der Waals surface area (Å²) in [6.45, 7) is 2.07. The number of anilines is 1. The average Bonchev–Trinajstić information content (AvgIpc) is 2.67. The first-order chi connectivity index (χ1) is 9.74. The van der Waals surface area contributed by atoms with E-state index >= 15 is 0 Å². The molecule has 1 saturated heterocycles. The van der Waals surface area contributed by atoms with E-state index in [0.29, 0.717) is 0 Å². The number of halogens is 1. The summed E-state index contributed by atoms with van der Waals surface area (Å²) in [7, 11) is 0. The molecule has 0 bridgehead atoms. The first-order valence-electron chi connectivity index (χ1n) is 7.09. The highest BCUT2D eigenvalue weighted by Gasteiger charge is 2.16. The first-order valence-corrected chi connectivity index (χ1v) is 7.47. The van der Waals surface area contributed by atoms with Crippen LogP contribution in [0.1, 0.15) is 25.7 Å². The van der Waals surface area contributed by atoms with Gasteiger partial charge in [0.2, 0.25) is 5.95 Å². The van der Waals surface area contributed by atoms with Crippen molar-refractivity contribution in [2.24, 2.45) is 0 Å². The van der Waals surface area contributed by atoms with Gasteiger partial charge in [-0.15, -0.1) is 0 Å². The third-order valence-electron chi connectivity index (χ3n) is 3.74. The molecule has 0 atom stereocenters. The molecule has 1 aliphatic heterocycles. The van der Waals surface area contributed by atoms with Gasteiger partial charge in [0.05, 0.1) is 11.9 Å². The Hall–Kier alpha value is -1.68. The molecule has 0 unspecified atom stereocenters. The Morgan fingerprint density at radius 1 is 1.00 bits per heavy atom. The lowest BCUT2D eigenvalue weighted by atomic mass is 10.2. The molecule has 2 aromatic rings. The second-order valence-electron chi connectivity index (χ2n) is 5.24. The van der Waals surface area contributed by atoms with Crippen molar-refractivity contribution in [3.63, 3.8) is 0 Å². The zero-order valence-electron chi connectivity index (χ0n) is 11.4. The largest absolute Gasteiger partial charge is 0.341 e. The minimum Gasteiger partial charge on any atom is -0.341 e. The van der Waals surface area contributed by atoms with E-state index in [2.05, 4.69) is 4.90 Å². The lowest BCUT2D eigenvalue weighted by Crippen LogP contribution is -2.29. The highest BCUT2D eigenvalue weighted by Crippen LogP contribution is 2.24. The van der Waals surface area contributed by atoms with Gasteiger partial charge in [0, 0.05) is 23.7 Å². The smallest absolute Gasteiger partial charge is 0.224 e. The summed E-state index contributed by atoms with van der Waals surface area (Å²) in [6.07, 6.45) is 6.90. The molecule has 1 aromatic heterocycles. The molecule has 0 spiro atoms. The van der Waals surface area contributed by atoms with E-state index in [1.165, 1.54) is 25.7 Å². The molecule has 2 N–H and O–H groups in total. The van der Waals surface area contributed by atoms with Gasteiger partial charge in [-0.25, -0.2) is 9.66 Å². The van der Waals surface area contributed by atoms with Crippen LogP contribution in [0.15, 0.2) is 30.5 Å². The highest BCUT2D eigenvalue weighted by atomic mass is 35.5. The fourth-order valence-corrected chi connectivity index (χ4v) is 2.77. The van der Waals surface area contributed by atoms with Crippen LogP contribution in [0.25, 0.3) is 11.3 Å². The number of nitrogen functional groups attached to an aromatic ring is 1. The SMILES string of the molecule is Nn1cc(-c2ccc(Cl)cc2)nc1N1CCCCCC1. The van der Waals surface area contributed by atoms with Crippen molar-refractivity contribution >= 4 is 17.5 Å². The number of benzene rings is 1. The lowest BCUT2D eigenvalue weighted by Gasteiger charge is -2.20. The monoisotopic (exact) mass is 290 g/mol. The Morgan fingerprint density at radius 3 is 2.30 bits per heavy atom. The molecule has 4 nitrogen and oxygen atoms in total. The van der Waals surface area contributed by atoms with Gasteiger partial charge in [0.15, 0.2) is 0 Å². The van der Waals surface area contributed by atoms with Gasteiger partial charge < -0.3 is 10.7 Å². The van der Waals surface area contributed by atoms with Crippen molar-refractivity contribution < 1.29 is 0 Å². The highest BCUT2D eigenvalue weighted by molar-refractivity contribution is 6.30. The van der Waals surface area contributed by atoms with Crippen molar-refractivity contribution in [1.82, 2.24) is 9.66 Å². The summed E-state index contributed by atoms with van der Waals surface area (Å²) in [5.74, 6) is 6.94. The van der Waals surface area contributed by atoms with Crippen molar-refractivity contribution in [2.75, 3.05) is 23.8 Å². The van der Waals surface area contributed by atoms with Crippen LogP contribution in [0.4, 0.5) is 5.95 Å². The maximum atomic E-state index is 6.08. The van der Waals surface area contributed by atoms with Gasteiger partial charge in [-0.1, -0.05) is 36.6 Å². The molecule has 0 aliphatic carbocycles. The fraction of sp³-hybridized carbons (Fsp3) is 0.400. The summed E-state index contributed by atoms with van der Waals surface area (Å²) in [5, 5.41) is 0.730. The number of rotatable bonds is 2. The molecule has 20 heavy (non-hydrogen) atoms. The second kappa shape index (κ2) is 5.75. The lowest BCUT2D eigenvalue weighted by molar-refractivity contribution is 0.726. The van der Waals surface area contributed by atoms with E-state index < -0.39 is 0 Å². The number of aromatic nitrogens is 2. The summed E-state index contributed by atoms with van der Waals surface area (Å²) < 4.78 is 1.63. The third kappa shape index (κ3) is 2.75. The zero-order valence-corrected chi connectivity index (χ0v) is 12.2. The fourth-order valence-electron chi connectivity index (χ4n) is 2.65. The molecular weight excluding hydrogens is 272 g/mol. The van der Waals surface area contributed by atoms with E-state index in [9.17, 15) is 0 Å². The predicted octanol–water partition coefficient (Wildman–Crippen LogP) is 3.30. The van der Waals surface area contributed by atoms with Crippen LogP contribution >= 0.6 is 11.6 Å². The van der Waals surface area contributed by atoms with Crippen molar-refractivity contribution in [1.29, 1.82) is 0 Å². The topological polar surface area (TPSA) is 47.1 Å². The van der Waals surface area contributed by atoms with Gasteiger partial charge in [-0.3, -0.25) is 0 Å². The molecule has 0 saturated carbocycles. The average molecular weight is 291 g/mol. The van der Waals surface area contributed by atoms with Crippen LogP contribution in [0, 0.1) is 0 Å². The molecule has 3 rings (SSSR count). The number of hydrogen-bond donors (Lipinski definition) is 1. The van der Waals surface area contributed by atoms with Crippen LogP contribution in [0.3, 0.4) is 0 Å². The van der Waals surface area contributed by atoms with E-state index in [-0.39, 0.29) is 0 Å².